The number of nitrogens with zero attached hydrogens (tertiary/aromatic N) is 2. The average molecular weight is 299 g/mol. The first kappa shape index (κ1) is 14.6. The van der Waals surface area contributed by atoms with Gasteiger partial charge in [0.05, 0.1) is 29.9 Å². The van der Waals surface area contributed by atoms with Crippen molar-refractivity contribution in [1.82, 2.24) is 4.98 Å². The molecule has 0 bridgehead atoms. The summed E-state index contributed by atoms with van der Waals surface area (Å²) in [7, 11) is 0.00605. The minimum absolute atomic E-state index is 0.0765. The summed E-state index contributed by atoms with van der Waals surface area (Å²) in [5, 5.41) is 0. The zero-order valence-corrected chi connectivity index (χ0v) is 12.2. The van der Waals surface area contributed by atoms with Crippen LogP contribution >= 0.6 is 0 Å². The zero-order valence-electron chi connectivity index (χ0n) is 11.4. The van der Waals surface area contributed by atoms with Crippen LogP contribution in [-0.4, -0.2) is 51.1 Å². The first-order chi connectivity index (χ1) is 9.35. The normalized spacial score (nSPS) is 20.6. The van der Waals surface area contributed by atoms with E-state index in [0.29, 0.717) is 12.2 Å². The van der Waals surface area contributed by atoms with Gasteiger partial charge in [-0.2, -0.15) is 0 Å². The van der Waals surface area contributed by atoms with Gasteiger partial charge in [-0.05, 0) is 12.5 Å². The van der Waals surface area contributed by atoms with Gasteiger partial charge in [0.25, 0.3) is 0 Å². The van der Waals surface area contributed by atoms with Crippen molar-refractivity contribution in [3.63, 3.8) is 0 Å². The number of esters is 1. The average Bonchev–Trinajstić information content (AvgIpc) is 2.78. The Bertz CT molecular complexity index is 630. The molecule has 7 nitrogen and oxygen atoms in total. The van der Waals surface area contributed by atoms with Gasteiger partial charge < -0.3 is 15.4 Å². The van der Waals surface area contributed by atoms with Crippen molar-refractivity contribution < 1.29 is 17.9 Å². The highest BCUT2D eigenvalue weighted by molar-refractivity contribution is 7.91. The molecule has 0 radical (unpaired) electrons. The van der Waals surface area contributed by atoms with Gasteiger partial charge in [-0.1, -0.05) is 0 Å². The summed E-state index contributed by atoms with van der Waals surface area (Å²) in [6.07, 6.45) is 1.99. The molecular weight excluding hydrogens is 282 g/mol. The Kier molecular flexibility index (Phi) is 3.85. The molecule has 2 heterocycles. The number of carbonyl (C=O) groups is 1. The Morgan fingerprint density at radius 2 is 2.25 bits per heavy atom. The number of pyridine rings is 1. The molecule has 1 atom stereocenters. The van der Waals surface area contributed by atoms with E-state index in [4.69, 9.17) is 5.73 Å². The third-order valence-corrected chi connectivity index (χ3v) is 5.21. The summed E-state index contributed by atoms with van der Waals surface area (Å²) in [5.41, 5.74) is 6.37. The van der Waals surface area contributed by atoms with Gasteiger partial charge in [-0.15, -0.1) is 0 Å². The molecule has 8 heteroatoms. The number of ether oxygens (including phenoxy) is 1. The van der Waals surface area contributed by atoms with E-state index in [-0.39, 0.29) is 28.8 Å². The molecule has 1 aliphatic rings. The van der Waals surface area contributed by atoms with Crippen molar-refractivity contribution in [2.24, 2.45) is 0 Å². The van der Waals surface area contributed by atoms with Crippen LogP contribution in [0.3, 0.4) is 0 Å². The maximum atomic E-state index is 11.6. The summed E-state index contributed by atoms with van der Waals surface area (Å²) in [6.45, 7) is 0. The number of sulfone groups is 1. The Balaban J connectivity index is 2.31. The second-order valence-corrected chi connectivity index (χ2v) is 6.98. The van der Waals surface area contributed by atoms with E-state index in [0.717, 1.165) is 0 Å². The summed E-state index contributed by atoms with van der Waals surface area (Å²) >= 11 is 0. The fourth-order valence-corrected chi connectivity index (χ4v) is 4.06. The SMILES string of the molecule is COC(=O)c1ccnc(N(C)C2CCS(=O)(=O)C2)c1N. The Morgan fingerprint density at radius 3 is 2.80 bits per heavy atom. The van der Waals surface area contributed by atoms with Crippen LogP contribution in [0.15, 0.2) is 12.3 Å². The fourth-order valence-electron chi connectivity index (χ4n) is 2.28. The molecule has 110 valence electrons. The van der Waals surface area contributed by atoms with E-state index in [2.05, 4.69) is 9.72 Å². The standard InChI is InChI=1S/C12H17N3O4S/c1-15(8-4-6-20(17,18)7-8)11-10(13)9(3-5-14-11)12(16)19-2/h3,5,8H,4,6-7,13H2,1-2H3. The number of hydrogen-bond acceptors (Lipinski definition) is 7. The van der Waals surface area contributed by atoms with Crippen molar-refractivity contribution in [2.75, 3.05) is 36.3 Å². The van der Waals surface area contributed by atoms with E-state index in [1.165, 1.54) is 19.4 Å². The van der Waals surface area contributed by atoms with E-state index in [1.807, 2.05) is 0 Å². The van der Waals surface area contributed by atoms with Crippen LogP contribution < -0.4 is 10.6 Å². The molecule has 1 saturated heterocycles. The van der Waals surface area contributed by atoms with Gasteiger partial charge >= 0.3 is 5.97 Å². The molecular formula is C12H17N3O4S. The summed E-state index contributed by atoms with van der Waals surface area (Å²) in [5.74, 6) is 0.0969. The maximum Gasteiger partial charge on any atom is 0.340 e. The predicted molar refractivity (Wildman–Crippen MR) is 75.5 cm³/mol. The van der Waals surface area contributed by atoms with Crippen molar-refractivity contribution in [1.29, 1.82) is 0 Å². The quantitative estimate of drug-likeness (QED) is 0.788. The third kappa shape index (κ3) is 2.69. The molecule has 2 rings (SSSR count). The summed E-state index contributed by atoms with van der Waals surface area (Å²) < 4.78 is 27.7. The van der Waals surface area contributed by atoms with E-state index >= 15 is 0 Å². The molecule has 0 saturated carbocycles. The van der Waals surface area contributed by atoms with Gasteiger partial charge in [0, 0.05) is 19.3 Å². The van der Waals surface area contributed by atoms with Crippen molar-refractivity contribution in [3.05, 3.63) is 17.8 Å². The minimum Gasteiger partial charge on any atom is -0.465 e. The smallest absolute Gasteiger partial charge is 0.340 e. The van der Waals surface area contributed by atoms with Crippen LogP contribution in [0.5, 0.6) is 0 Å². The van der Waals surface area contributed by atoms with Gasteiger partial charge in [-0.3, -0.25) is 0 Å². The topological polar surface area (TPSA) is 103 Å². The van der Waals surface area contributed by atoms with Crippen LogP contribution in [0.2, 0.25) is 0 Å². The van der Waals surface area contributed by atoms with Crippen LogP contribution in [0.1, 0.15) is 16.8 Å². The van der Waals surface area contributed by atoms with Crippen molar-refractivity contribution in [2.45, 2.75) is 12.5 Å². The monoisotopic (exact) mass is 299 g/mol. The zero-order chi connectivity index (χ0) is 14.9. The Hall–Kier alpha value is -1.83. The number of nitrogen functional groups attached to an aromatic ring is 1. The molecule has 0 aliphatic carbocycles. The summed E-state index contributed by atoms with van der Waals surface area (Å²) in [4.78, 5) is 17.4. The number of aromatic nitrogens is 1. The van der Waals surface area contributed by atoms with E-state index < -0.39 is 15.8 Å². The molecule has 1 fully saturated rings. The molecule has 0 amide bonds. The lowest BCUT2D eigenvalue weighted by atomic mass is 10.2. The number of nitrogens with two attached hydrogens (primary N) is 1. The lowest BCUT2D eigenvalue weighted by molar-refractivity contribution is 0.0602. The largest absolute Gasteiger partial charge is 0.465 e. The van der Waals surface area contributed by atoms with Crippen molar-refractivity contribution in [3.8, 4) is 0 Å². The molecule has 1 unspecified atom stereocenters. The number of rotatable bonds is 3. The second kappa shape index (κ2) is 5.28. The van der Waals surface area contributed by atoms with Crippen molar-refractivity contribution >= 4 is 27.3 Å². The maximum absolute atomic E-state index is 11.6. The summed E-state index contributed by atoms with van der Waals surface area (Å²) in [6, 6.07) is 1.30. The molecule has 1 aromatic heterocycles. The van der Waals surface area contributed by atoms with Gasteiger partial charge in [0.2, 0.25) is 0 Å². The Labute approximate surface area is 117 Å². The molecule has 1 aromatic rings. The lowest BCUT2D eigenvalue weighted by Crippen LogP contribution is -2.34. The molecule has 0 aromatic carbocycles. The first-order valence-electron chi connectivity index (χ1n) is 6.12. The molecule has 20 heavy (non-hydrogen) atoms. The van der Waals surface area contributed by atoms with E-state index in [1.54, 1.807) is 11.9 Å². The van der Waals surface area contributed by atoms with Gasteiger partial charge in [0.15, 0.2) is 15.7 Å². The fraction of sp³-hybridized carbons (Fsp3) is 0.500. The Morgan fingerprint density at radius 1 is 1.55 bits per heavy atom. The third-order valence-electron chi connectivity index (χ3n) is 3.46. The van der Waals surface area contributed by atoms with Gasteiger partial charge in [-0.25, -0.2) is 18.2 Å². The van der Waals surface area contributed by atoms with Gasteiger partial charge in [0.1, 0.15) is 0 Å². The van der Waals surface area contributed by atoms with Crippen LogP contribution in [0.4, 0.5) is 11.5 Å². The number of anilines is 2. The number of hydrogen-bond donors (Lipinski definition) is 1. The molecule has 1 aliphatic heterocycles. The van der Waals surface area contributed by atoms with Crippen LogP contribution in [-0.2, 0) is 14.6 Å². The first-order valence-corrected chi connectivity index (χ1v) is 7.94. The second-order valence-electron chi connectivity index (χ2n) is 4.76. The number of carbonyl (C=O) groups excluding carboxylic acids is 1. The molecule has 2 N–H and O–H groups in total. The highest BCUT2D eigenvalue weighted by Crippen LogP contribution is 2.28. The molecule has 0 spiro atoms. The lowest BCUT2D eigenvalue weighted by Gasteiger charge is -2.26. The highest BCUT2D eigenvalue weighted by Gasteiger charge is 2.32. The minimum atomic E-state index is -2.99. The predicted octanol–water partition coefficient (Wildman–Crippen LogP) is 0.0737. The van der Waals surface area contributed by atoms with Crippen LogP contribution in [0.25, 0.3) is 0 Å². The number of methoxy groups -OCH3 is 1. The van der Waals surface area contributed by atoms with E-state index in [9.17, 15) is 13.2 Å². The van der Waals surface area contributed by atoms with Crippen LogP contribution in [0, 0.1) is 0 Å². The highest BCUT2D eigenvalue weighted by atomic mass is 32.2.